The molecule has 1 heterocycles. The molecule has 40 heavy (non-hydrogen) atoms. The number of benzene rings is 6. The molecule has 0 saturated heterocycles. The van der Waals surface area contributed by atoms with Gasteiger partial charge in [0.15, 0.2) is 0 Å². The van der Waals surface area contributed by atoms with Crippen molar-refractivity contribution in [3.63, 3.8) is 0 Å². The lowest BCUT2D eigenvalue weighted by Gasteiger charge is -2.26. The average Bonchev–Trinajstić information content (AvgIpc) is 3.37. The van der Waals surface area contributed by atoms with Crippen molar-refractivity contribution in [3.8, 4) is 0 Å². The molecule has 0 radical (unpaired) electrons. The fraction of sp³-hybridized carbons (Fsp3) is 0.0526. The molecule has 0 unspecified atom stereocenters. The van der Waals surface area contributed by atoms with Gasteiger partial charge in [-0.15, -0.1) is 0 Å². The second-order valence-electron chi connectivity index (χ2n) is 10.5. The number of aromatic nitrogens is 1. The van der Waals surface area contributed by atoms with E-state index in [0.29, 0.717) is 0 Å². The molecule has 0 bridgehead atoms. The largest absolute Gasteiger partial charge is 0.312 e. The maximum atomic E-state index is 2.50. The van der Waals surface area contributed by atoms with Crippen LogP contribution in [0.3, 0.4) is 0 Å². The summed E-state index contributed by atoms with van der Waals surface area (Å²) >= 11 is 0. The van der Waals surface area contributed by atoms with E-state index in [0.717, 1.165) is 29.9 Å². The molecule has 190 valence electrons. The zero-order valence-electron chi connectivity index (χ0n) is 22.2. The molecule has 2 heteroatoms. The van der Waals surface area contributed by atoms with Gasteiger partial charge in [-0.05, 0) is 77.5 Å². The Labute approximate surface area is 233 Å². The summed E-state index contributed by atoms with van der Waals surface area (Å²) < 4.78 is 2.50. The highest BCUT2D eigenvalue weighted by Crippen LogP contribution is 2.41. The minimum absolute atomic E-state index is 1.04. The monoisotopic (exact) mass is 512 g/mol. The first-order valence-corrected chi connectivity index (χ1v) is 14.0. The summed E-state index contributed by atoms with van der Waals surface area (Å²) in [6.45, 7) is 0. The molecule has 0 atom stereocenters. The molecular weight excluding hydrogens is 484 g/mol. The normalized spacial score (nSPS) is 13.3. The molecule has 6 aromatic carbocycles. The van der Waals surface area contributed by atoms with E-state index in [1.165, 1.54) is 49.0 Å². The number of rotatable bonds is 4. The van der Waals surface area contributed by atoms with Crippen LogP contribution >= 0.6 is 0 Å². The van der Waals surface area contributed by atoms with Crippen LogP contribution in [-0.4, -0.2) is 4.57 Å². The van der Waals surface area contributed by atoms with Gasteiger partial charge in [0, 0.05) is 38.9 Å². The summed E-state index contributed by atoms with van der Waals surface area (Å²) in [5.74, 6) is 0. The molecule has 0 fully saturated rings. The van der Waals surface area contributed by atoms with E-state index in [1.54, 1.807) is 0 Å². The van der Waals surface area contributed by atoms with Crippen LogP contribution in [0.5, 0.6) is 0 Å². The maximum absolute atomic E-state index is 2.50. The van der Waals surface area contributed by atoms with E-state index in [9.17, 15) is 0 Å². The molecule has 0 saturated carbocycles. The fourth-order valence-electron chi connectivity index (χ4n) is 6.32. The minimum Gasteiger partial charge on any atom is -0.312 e. The highest BCUT2D eigenvalue weighted by Gasteiger charge is 2.19. The topological polar surface area (TPSA) is 8.17 Å². The fourth-order valence-corrected chi connectivity index (χ4v) is 6.32. The lowest BCUT2D eigenvalue weighted by Crippen LogP contribution is -2.09. The standard InChI is InChI=1S/C38H28N2/c1-3-13-30(14-4-1)39(32-22-19-27-11-7-8-12-29(27)25-32)33-23-20-28-21-24-35-34-17-9-10-18-37(34)40(38(35)36(28)26-33)31-15-5-2-6-16-31/h1-5,7-15,17-26H,6,16H2. The highest BCUT2D eigenvalue weighted by molar-refractivity contribution is 6.19. The molecule has 7 aromatic rings. The van der Waals surface area contributed by atoms with Gasteiger partial charge in [-0.25, -0.2) is 0 Å². The molecule has 1 aliphatic carbocycles. The van der Waals surface area contributed by atoms with E-state index in [4.69, 9.17) is 0 Å². The van der Waals surface area contributed by atoms with Crippen molar-refractivity contribution in [3.05, 3.63) is 146 Å². The number of fused-ring (bicyclic) bond motifs is 6. The number of nitrogens with zero attached hydrogens (tertiary/aromatic N) is 2. The highest BCUT2D eigenvalue weighted by atomic mass is 15.1. The third-order valence-electron chi connectivity index (χ3n) is 8.18. The van der Waals surface area contributed by atoms with Gasteiger partial charge in [0.25, 0.3) is 0 Å². The SMILES string of the molecule is C1=CCCC(n2c3ccccc3c3ccc4ccc(N(c5ccccc5)c5ccc6ccccc6c5)cc4c32)=C1. The van der Waals surface area contributed by atoms with Crippen LogP contribution in [0.15, 0.2) is 146 Å². The van der Waals surface area contributed by atoms with Crippen molar-refractivity contribution in [2.24, 2.45) is 0 Å². The minimum atomic E-state index is 1.04. The molecule has 8 rings (SSSR count). The summed E-state index contributed by atoms with van der Waals surface area (Å²) in [5, 5.41) is 7.60. The molecule has 1 aromatic heterocycles. The lowest BCUT2D eigenvalue weighted by molar-refractivity contribution is 0.980. The van der Waals surface area contributed by atoms with Crippen LogP contribution in [0.4, 0.5) is 17.1 Å². The smallest absolute Gasteiger partial charge is 0.0617 e. The number of anilines is 3. The van der Waals surface area contributed by atoms with E-state index >= 15 is 0 Å². The Morgan fingerprint density at radius 3 is 2.10 bits per heavy atom. The Bertz CT molecular complexity index is 2110. The van der Waals surface area contributed by atoms with Crippen molar-refractivity contribution in [2.75, 3.05) is 4.90 Å². The quantitative estimate of drug-likeness (QED) is 0.228. The van der Waals surface area contributed by atoms with Crippen LogP contribution < -0.4 is 4.90 Å². The van der Waals surface area contributed by atoms with Gasteiger partial charge in [0.1, 0.15) is 0 Å². The van der Waals surface area contributed by atoms with E-state index in [-0.39, 0.29) is 0 Å². The van der Waals surface area contributed by atoms with Gasteiger partial charge in [-0.1, -0.05) is 97.1 Å². The van der Waals surface area contributed by atoms with Gasteiger partial charge >= 0.3 is 0 Å². The van der Waals surface area contributed by atoms with Crippen LogP contribution in [0.25, 0.3) is 49.0 Å². The Kier molecular flexibility index (Phi) is 5.31. The summed E-state index contributed by atoms with van der Waals surface area (Å²) in [6, 6.07) is 46.3. The van der Waals surface area contributed by atoms with Crippen molar-refractivity contribution >= 4 is 66.1 Å². The predicted octanol–water partition coefficient (Wildman–Crippen LogP) is 10.8. The van der Waals surface area contributed by atoms with Gasteiger partial charge in [0.05, 0.1) is 11.0 Å². The van der Waals surface area contributed by atoms with E-state index in [2.05, 4.69) is 155 Å². The predicted molar refractivity (Wildman–Crippen MR) is 172 cm³/mol. The first kappa shape index (κ1) is 22.9. The van der Waals surface area contributed by atoms with Crippen LogP contribution in [0.2, 0.25) is 0 Å². The Morgan fingerprint density at radius 2 is 1.25 bits per heavy atom. The second kappa shape index (κ2) is 9.29. The zero-order valence-corrected chi connectivity index (χ0v) is 22.2. The first-order valence-electron chi connectivity index (χ1n) is 14.0. The van der Waals surface area contributed by atoms with Crippen molar-refractivity contribution < 1.29 is 0 Å². The van der Waals surface area contributed by atoms with E-state index in [1.807, 2.05) is 0 Å². The summed E-state index contributed by atoms with van der Waals surface area (Å²) in [5.41, 5.74) is 7.35. The van der Waals surface area contributed by atoms with E-state index < -0.39 is 0 Å². The van der Waals surface area contributed by atoms with Crippen LogP contribution in [-0.2, 0) is 0 Å². The van der Waals surface area contributed by atoms with Gasteiger partial charge in [0.2, 0.25) is 0 Å². The summed E-state index contributed by atoms with van der Waals surface area (Å²) in [4.78, 5) is 2.38. The Balaban J connectivity index is 1.42. The maximum Gasteiger partial charge on any atom is 0.0617 e. The third kappa shape index (κ3) is 3.65. The Morgan fingerprint density at radius 1 is 0.525 bits per heavy atom. The number of hydrogen-bond acceptors (Lipinski definition) is 1. The summed E-state index contributed by atoms with van der Waals surface area (Å²) in [6.07, 6.45) is 8.85. The lowest BCUT2D eigenvalue weighted by atomic mass is 10.0. The zero-order chi connectivity index (χ0) is 26.5. The van der Waals surface area contributed by atoms with Crippen LogP contribution in [0.1, 0.15) is 12.8 Å². The van der Waals surface area contributed by atoms with Gasteiger partial charge in [-0.2, -0.15) is 0 Å². The van der Waals surface area contributed by atoms with Crippen LogP contribution in [0, 0.1) is 0 Å². The molecule has 2 nitrogen and oxygen atoms in total. The molecule has 0 aliphatic heterocycles. The first-order chi connectivity index (χ1) is 19.8. The van der Waals surface area contributed by atoms with Crippen molar-refractivity contribution in [1.29, 1.82) is 0 Å². The average molecular weight is 513 g/mol. The Hall–Kier alpha value is -5.08. The summed E-state index contributed by atoms with van der Waals surface area (Å²) in [7, 11) is 0. The van der Waals surface area contributed by atoms with Gasteiger partial charge in [-0.3, -0.25) is 0 Å². The molecule has 0 N–H and O–H groups in total. The number of para-hydroxylation sites is 2. The molecular formula is C38H28N2. The van der Waals surface area contributed by atoms with Crippen molar-refractivity contribution in [1.82, 2.24) is 4.57 Å². The second-order valence-corrected chi connectivity index (χ2v) is 10.5. The molecule has 0 spiro atoms. The van der Waals surface area contributed by atoms with Gasteiger partial charge < -0.3 is 9.47 Å². The molecule has 1 aliphatic rings. The molecule has 0 amide bonds. The number of allylic oxidation sites excluding steroid dienone is 4. The third-order valence-corrected chi connectivity index (χ3v) is 8.18. The van der Waals surface area contributed by atoms with Crippen molar-refractivity contribution in [2.45, 2.75) is 12.8 Å². The number of hydrogen-bond donors (Lipinski definition) is 0.